The zero-order valence-corrected chi connectivity index (χ0v) is 8.00. The van der Waals surface area contributed by atoms with Crippen LogP contribution in [0.5, 0.6) is 0 Å². The van der Waals surface area contributed by atoms with Gasteiger partial charge in [0.2, 0.25) is 0 Å². The van der Waals surface area contributed by atoms with E-state index in [0.29, 0.717) is 12.8 Å². The van der Waals surface area contributed by atoms with Crippen LogP contribution in [0.15, 0.2) is 0 Å². The van der Waals surface area contributed by atoms with E-state index in [1.54, 1.807) is 0 Å². The summed E-state index contributed by atoms with van der Waals surface area (Å²) in [6, 6.07) is 0. The summed E-state index contributed by atoms with van der Waals surface area (Å²) < 4.78 is 30.9. The van der Waals surface area contributed by atoms with Crippen LogP contribution in [0, 0.1) is 0 Å². The predicted octanol–water partition coefficient (Wildman–Crippen LogP) is -0.592. The Labute approximate surface area is 77.5 Å². The van der Waals surface area contributed by atoms with Crippen LogP contribution in [0.25, 0.3) is 0 Å². The van der Waals surface area contributed by atoms with Crippen LogP contribution >= 0.6 is 0 Å². The summed E-state index contributed by atoms with van der Waals surface area (Å²) in [6.45, 7) is 0. The van der Waals surface area contributed by atoms with Crippen LogP contribution in [0.1, 0.15) is 25.7 Å². The fourth-order valence-electron chi connectivity index (χ4n) is 1.11. The van der Waals surface area contributed by atoms with Gasteiger partial charge in [-0.3, -0.25) is 0 Å². The van der Waals surface area contributed by atoms with Crippen molar-refractivity contribution in [3.63, 3.8) is 0 Å². The first-order valence-electron chi connectivity index (χ1n) is 4.12. The highest BCUT2D eigenvalue weighted by molar-refractivity contribution is 7.81. The smallest absolute Gasteiger partial charge is 0.305 e. The molecule has 2 unspecified atom stereocenters. The second-order valence-electron chi connectivity index (χ2n) is 2.96. The third-order valence-corrected chi connectivity index (χ3v) is 2.68. The van der Waals surface area contributed by atoms with Gasteiger partial charge in [-0.1, -0.05) is 0 Å². The summed E-state index contributed by atoms with van der Waals surface area (Å²) in [5.41, 5.74) is 10.7. The molecule has 7 heteroatoms. The second-order valence-corrected chi connectivity index (χ2v) is 4.16. The quantitative estimate of drug-likeness (QED) is 0.553. The molecule has 0 amide bonds. The van der Waals surface area contributed by atoms with Crippen molar-refractivity contribution in [2.45, 2.75) is 38.1 Å². The van der Waals surface area contributed by atoms with Gasteiger partial charge in [-0.15, -0.1) is 0 Å². The molecule has 0 aliphatic carbocycles. The van der Waals surface area contributed by atoms with E-state index in [4.69, 9.17) is 11.5 Å². The largest absolute Gasteiger partial charge is 0.402 e. The van der Waals surface area contributed by atoms with Gasteiger partial charge in [0.05, 0.1) is 0 Å². The predicted molar refractivity (Wildman–Crippen MR) is 45.5 cm³/mol. The van der Waals surface area contributed by atoms with E-state index in [9.17, 15) is 8.42 Å². The van der Waals surface area contributed by atoms with E-state index in [2.05, 4.69) is 8.37 Å². The Balaban J connectivity index is 2.65. The van der Waals surface area contributed by atoms with Crippen molar-refractivity contribution in [3.8, 4) is 0 Å². The van der Waals surface area contributed by atoms with Gasteiger partial charge in [-0.2, -0.15) is 8.42 Å². The average molecular weight is 210 g/mol. The topological polar surface area (TPSA) is 105 Å². The molecule has 0 radical (unpaired) electrons. The van der Waals surface area contributed by atoms with Crippen molar-refractivity contribution in [2.75, 3.05) is 0 Å². The van der Waals surface area contributed by atoms with Crippen LogP contribution in [0.3, 0.4) is 0 Å². The summed E-state index contributed by atoms with van der Waals surface area (Å²) >= 11 is 0. The molecule has 13 heavy (non-hydrogen) atoms. The minimum absolute atomic E-state index is 0.495. The number of rotatable bonds is 0. The lowest BCUT2D eigenvalue weighted by Gasteiger charge is -2.11. The number of hydrogen-bond donors (Lipinski definition) is 2. The molecule has 6 nitrogen and oxygen atoms in total. The summed E-state index contributed by atoms with van der Waals surface area (Å²) in [4.78, 5) is 0. The fourth-order valence-corrected chi connectivity index (χ4v) is 1.96. The van der Waals surface area contributed by atoms with Gasteiger partial charge in [0.25, 0.3) is 0 Å². The third kappa shape index (κ3) is 4.01. The van der Waals surface area contributed by atoms with Crippen LogP contribution in [-0.4, -0.2) is 20.9 Å². The molecule has 78 valence electrons. The van der Waals surface area contributed by atoms with Gasteiger partial charge in [-0.25, -0.2) is 8.37 Å². The van der Waals surface area contributed by atoms with Crippen molar-refractivity contribution in [1.29, 1.82) is 0 Å². The van der Waals surface area contributed by atoms with E-state index < -0.39 is 22.9 Å². The summed E-state index contributed by atoms with van der Waals surface area (Å²) in [5, 5.41) is 0. The monoisotopic (exact) mass is 210 g/mol. The van der Waals surface area contributed by atoms with E-state index in [1.165, 1.54) is 0 Å². The standard InChI is InChI=1S/C6H14N2O4S/c7-5-3-1-2-4-6(8)12-13(9,10)11-5/h5-6H,1-4,7-8H2. The Morgan fingerprint density at radius 2 is 1.38 bits per heavy atom. The highest BCUT2D eigenvalue weighted by Crippen LogP contribution is 2.13. The molecular formula is C6H14N2O4S. The molecule has 0 aromatic rings. The molecule has 1 fully saturated rings. The zero-order chi connectivity index (χ0) is 9.90. The van der Waals surface area contributed by atoms with Crippen molar-refractivity contribution in [2.24, 2.45) is 11.5 Å². The Hall–Kier alpha value is -0.210. The number of hydrogen-bond acceptors (Lipinski definition) is 6. The van der Waals surface area contributed by atoms with Crippen molar-refractivity contribution < 1.29 is 16.8 Å². The Bertz CT molecular complexity index is 233. The second kappa shape index (κ2) is 4.34. The van der Waals surface area contributed by atoms with Crippen molar-refractivity contribution in [1.82, 2.24) is 0 Å². The lowest BCUT2D eigenvalue weighted by Crippen LogP contribution is -2.31. The average Bonchev–Trinajstić information content (AvgIpc) is 1.99. The fraction of sp³-hybridized carbons (Fsp3) is 1.00. The summed E-state index contributed by atoms with van der Waals surface area (Å²) in [6.07, 6.45) is 0.914. The molecule has 0 aromatic carbocycles. The molecule has 1 saturated heterocycles. The van der Waals surface area contributed by atoms with E-state index in [0.717, 1.165) is 12.8 Å². The SMILES string of the molecule is NC1CCCCC(N)OS(=O)(=O)O1. The van der Waals surface area contributed by atoms with E-state index >= 15 is 0 Å². The molecule has 0 aromatic heterocycles. The Morgan fingerprint density at radius 3 is 1.77 bits per heavy atom. The molecule has 1 aliphatic heterocycles. The lowest BCUT2D eigenvalue weighted by atomic mass is 10.2. The van der Waals surface area contributed by atoms with Gasteiger partial charge in [-0.05, 0) is 25.7 Å². The highest BCUT2D eigenvalue weighted by Gasteiger charge is 2.22. The third-order valence-electron chi connectivity index (χ3n) is 1.71. The molecule has 1 heterocycles. The summed E-state index contributed by atoms with van der Waals surface area (Å²) in [5.74, 6) is 0. The molecule has 2 atom stereocenters. The van der Waals surface area contributed by atoms with Gasteiger partial charge >= 0.3 is 10.4 Å². The maximum Gasteiger partial charge on any atom is 0.402 e. The highest BCUT2D eigenvalue weighted by atomic mass is 32.3. The van der Waals surface area contributed by atoms with Gasteiger partial charge < -0.3 is 11.5 Å². The molecular weight excluding hydrogens is 196 g/mol. The molecule has 4 N–H and O–H groups in total. The van der Waals surface area contributed by atoms with Crippen LogP contribution < -0.4 is 11.5 Å². The molecule has 0 bridgehead atoms. The van der Waals surface area contributed by atoms with Gasteiger partial charge in [0.15, 0.2) is 0 Å². The van der Waals surface area contributed by atoms with E-state index in [1.807, 2.05) is 0 Å². The normalized spacial score (nSPS) is 35.8. The van der Waals surface area contributed by atoms with Gasteiger partial charge in [0, 0.05) is 0 Å². The van der Waals surface area contributed by atoms with Crippen molar-refractivity contribution >= 4 is 10.4 Å². The van der Waals surface area contributed by atoms with Gasteiger partial charge in [0.1, 0.15) is 12.5 Å². The molecule has 1 aliphatic rings. The first-order valence-corrected chi connectivity index (χ1v) is 5.45. The first-order chi connectivity index (χ1) is 5.99. The maximum atomic E-state index is 11.0. The maximum absolute atomic E-state index is 11.0. The molecule has 0 spiro atoms. The minimum atomic E-state index is -4.01. The zero-order valence-electron chi connectivity index (χ0n) is 7.18. The first kappa shape index (κ1) is 10.9. The number of nitrogens with two attached hydrogens (primary N) is 2. The molecule has 1 rings (SSSR count). The van der Waals surface area contributed by atoms with Crippen LogP contribution in [0.2, 0.25) is 0 Å². The van der Waals surface area contributed by atoms with Crippen LogP contribution in [0.4, 0.5) is 0 Å². The van der Waals surface area contributed by atoms with Crippen molar-refractivity contribution in [3.05, 3.63) is 0 Å². The summed E-state index contributed by atoms with van der Waals surface area (Å²) in [7, 11) is -4.01. The van der Waals surface area contributed by atoms with E-state index in [-0.39, 0.29) is 0 Å². The van der Waals surface area contributed by atoms with Crippen LogP contribution in [-0.2, 0) is 18.8 Å². The Morgan fingerprint density at radius 1 is 1.00 bits per heavy atom. The lowest BCUT2D eigenvalue weighted by molar-refractivity contribution is 0.131. The molecule has 0 saturated carbocycles. The minimum Gasteiger partial charge on any atom is -0.305 e. The Kier molecular flexibility index (Phi) is 3.63.